The van der Waals surface area contributed by atoms with Gasteiger partial charge < -0.3 is 0 Å². The van der Waals surface area contributed by atoms with Crippen molar-refractivity contribution in [3.63, 3.8) is 0 Å². The van der Waals surface area contributed by atoms with Crippen molar-refractivity contribution in [3.8, 4) is 11.1 Å². The van der Waals surface area contributed by atoms with Crippen LogP contribution in [-0.4, -0.2) is 0 Å². The average Bonchev–Trinajstić information content (AvgIpc) is 3.05. The molecule has 0 atom stereocenters. The summed E-state index contributed by atoms with van der Waals surface area (Å²) < 4.78 is 0. The van der Waals surface area contributed by atoms with Crippen molar-refractivity contribution in [2.45, 2.75) is 39.5 Å². The summed E-state index contributed by atoms with van der Waals surface area (Å²) in [6.45, 7) is 8.95. The number of rotatable bonds is 2. The van der Waals surface area contributed by atoms with Crippen LogP contribution in [-0.2, 0) is 11.8 Å². The minimum absolute atomic E-state index is 0.190. The number of fused-ring (bicyclic) bond motifs is 1. The minimum Gasteiger partial charge on any atom is -0.0614 e. The van der Waals surface area contributed by atoms with E-state index in [2.05, 4.69) is 101 Å². The van der Waals surface area contributed by atoms with E-state index in [9.17, 15) is 0 Å². The Morgan fingerprint density at radius 3 is 2.19 bits per heavy atom. The molecule has 0 N–H and O–H groups in total. The molecule has 130 valence electrons. The van der Waals surface area contributed by atoms with Crippen LogP contribution in [0.1, 0.15) is 48.6 Å². The Hall–Kier alpha value is -2.60. The van der Waals surface area contributed by atoms with Crippen molar-refractivity contribution in [1.82, 2.24) is 0 Å². The summed E-state index contributed by atoms with van der Waals surface area (Å²) in [6, 6.07) is 24.6. The molecule has 0 bridgehead atoms. The van der Waals surface area contributed by atoms with Gasteiger partial charge in [-0.3, -0.25) is 0 Å². The molecule has 3 aromatic rings. The lowest BCUT2D eigenvalue weighted by Crippen LogP contribution is -2.10. The molecule has 0 fully saturated rings. The second-order valence-electron chi connectivity index (χ2n) is 8.42. The molecule has 4 rings (SSSR count). The third kappa shape index (κ3) is 3.12. The van der Waals surface area contributed by atoms with E-state index in [1.807, 2.05) is 0 Å². The van der Waals surface area contributed by atoms with Gasteiger partial charge in [-0.1, -0.05) is 93.1 Å². The average molecular weight is 338 g/mol. The van der Waals surface area contributed by atoms with Crippen molar-refractivity contribution < 1.29 is 0 Å². The largest absolute Gasteiger partial charge is 0.0614 e. The van der Waals surface area contributed by atoms with Crippen LogP contribution < -0.4 is 0 Å². The van der Waals surface area contributed by atoms with Crippen LogP contribution in [0.15, 0.2) is 66.7 Å². The van der Waals surface area contributed by atoms with Crippen LogP contribution >= 0.6 is 0 Å². The molecule has 1 aliphatic rings. The molecular weight excluding hydrogens is 312 g/mol. The SMILES string of the molecule is Cc1cccc(C2=Cc3c(cccc3-c3ccc(C(C)(C)C)cc3)C2)c1. The van der Waals surface area contributed by atoms with Crippen LogP contribution in [0.3, 0.4) is 0 Å². The molecular formula is C26H26. The lowest BCUT2D eigenvalue weighted by molar-refractivity contribution is 0.590. The smallest absolute Gasteiger partial charge is 0.00134 e. The summed E-state index contributed by atoms with van der Waals surface area (Å²) >= 11 is 0. The van der Waals surface area contributed by atoms with Crippen molar-refractivity contribution in [2.75, 3.05) is 0 Å². The molecule has 0 saturated heterocycles. The highest BCUT2D eigenvalue weighted by molar-refractivity contribution is 5.94. The lowest BCUT2D eigenvalue weighted by Gasteiger charge is -2.19. The van der Waals surface area contributed by atoms with Crippen molar-refractivity contribution in [3.05, 3.63) is 94.5 Å². The number of hydrogen-bond acceptors (Lipinski definition) is 0. The quantitative estimate of drug-likeness (QED) is 0.469. The van der Waals surface area contributed by atoms with E-state index in [0.717, 1.165) is 6.42 Å². The van der Waals surface area contributed by atoms with Crippen molar-refractivity contribution in [2.24, 2.45) is 0 Å². The van der Waals surface area contributed by atoms with E-state index >= 15 is 0 Å². The lowest BCUT2D eigenvalue weighted by atomic mass is 9.86. The van der Waals surface area contributed by atoms with Gasteiger partial charge in [-0.2, -0.15) is 0 Å². The Kier molecular flexibility index (Phi) is 4.07. The summed E-state index contributed by atoms with van der Waals surface area (Å²) in [4.78, 5) is 0. The summed E-state index contributed by atoms with van der Waals surface area (Å²) in [5, 5.41) is 0. The molecule has 3 aromatic carbocycles. The first kappa shape index (κ1) is 16.8. The molecule has 0 nitrogen and oxygen atoms in total. The van der Waals surface area contributed by atoms with Crippen LogP contribution in [0, 0.1) is 6.92 Å². The topological polar surface area (TPSA) is 0 Å². The van der Waals surface area contributed by atoms with Gasteiger partial charge in [-0.25, -0.2) is 0 Å². The van der Waals surface area contributed by atoms with Gasteiger partial charge in [0.25, 0.3) is 0 Å². The first-order valence-corrected chi connectivity index (χ1v) is 9.42. The third-order valence-electron chi connectivity index (χ3n) is 5.35. The zero-order valence-corrected chi connectivity index (χ0v) is 16.1. The summed E-state index contributed by atoms with van der Waals surface area (Å²) in [6.07, 6.45) is 3.41. The first-order valence-electron chi connectivity index (χ1n) is 9.42. The Balaban J connectivity index is 1.74. The van der Waals surface area contributed by atoms with Gasteiger partial charge in [0, 0.05) is 0 Å². The number of benzene rings is 3. The highest BCUT2D eigenvalue weighted by Crippen LogP contribution is 2.38. The van der Waals surface area contributed by atoms with Gasteiger partial charge in [0.05, 0.1) is 0 Å². The van der Waals surface area contributed by atoms with Gasteiger partial charge in [-0.15, -0.1) is 0 Å². The molecule has 0 aromatic heterocycles. The maximum Gasteiger partial charge on any atom is -0.00134 e. The standard InChI is InChI=1S/C26H26/c1-18-7-5-8-20(15-18)22-16-21-9-6-10-24(25(21)17-22)19-11-13-23(14-12-19)26(2,3)4/h5-15,17H,16H2,1-4H3. The monoisotopic (exact) mass is 338 g/mol. The molecule has 0 spiro atoms. The third-order valence-corrected chi connectivity index (χ3v) is 5.35. The minimum atomic E-state index is 0.190. The fourth-order valence-corrected chi connectivity index (χ4v) is 3.80. The van der Waals surface area contributed by atoms with Crippen LogP contribution in [0.2, 0.25) is 0 Å². The molecule has 0 saturated carbocycles. The van der Waals surface area contributed by atoms with Gasteiger partial charge in [-0.05, 0) is 63.8 Å². The molecule has 0 aliphatic heterocycles. The van der Waals surface area contributed by atoms with Gasteiger partial charge in [0.1, 0.15) is 0 Å². The molecule has 26 heavy (non-hydrogen) atoms. The van der Waals surface area contributed by atoms with E-state index in [1.54, 1.807) is 0 Å². The molecule has 0 radical (unpaired) electrons. The van der Waals surface area contributed by atoms with E-state index in [-0.39, 0.29) is 5.41 Å². The summed E-state index contributed by atoms with van der Waals surface area (Å²) in [5.41, 5.74) is 11.1. The molecule has 0 heteroatoms. The first-order chi connectivity index (χ1) is 12.4. The molecule has 0 heterocycles. The van der Waals surface area contributed by atoms with Gasteiger partial charge in [0.2, 0.25) is 0 Å². The molecule has 0 unspecified atom stereocenters. The van der Waals surface area contributed by atoms with Crippen LogP contribution in [0.5, 0.6) is 0 Å². The second kappa shape index (κ2) is 6.29. The number of aryl methyl sites for hydroxylation is 1. The summed E-state index contributed by atoms with van der Waals surface area (Å²) in [5.74, 6) is 0. The maximum absolute atomic E-state index is 2.39. The maximum atomic E-state index is 2.39. The Labute approximate surface area is 157 Å². The zero-order chi connectivity index (χ0) is 18.3. The normalized spacial score (nSPS) is 13.5. The number of hydrogen-bond donors (Lipinski definition) is 0. The highest BCUT2D eigenvalue weighted by Gasteiger charge is 2.18. The van der Waals surface area contributed by atoms with Crippen LogP contribution in [0.4, 0.5) is 0 Å². The fraction of sp³-hybridized carbons (Fsp3) is 0.231. The fourth-order valence-electron chi connectivity index (χ4n) is 3.80. The Bertz CT molecular complexity index is 979. The van der Waals surface area contributed by atoms with E-state index < -0.39 is 0 Å². The zero-order valence-electron chi connectivity index (χ0n) is 16.1. The van der Waals surface area contributed by atoms with E-state index in [4.69, 9.17) is 0 Å². The second-order valence-corrected chi connectivity index (χ2v) is 8.42. The predicted molar refractivity (Wildman–Crippen MR) is 113 cm³/mol. The van der Waals surface area contributed by atoms with Crippen molar-refractivity contribution >= 4 is 11.6 Å². The highest BCUT2D eigenvalue weighted by atomic mass is 14.2. The van der Waals surface area contributed by atoms with Gasteiger partial charge >= 0.3 is 0 Å². The van der Waals surface area contributed by atoms with E-state index in [0.29, 0.717) is 0 Å². The van der Waals surface area contributed by atoms with E-state index in [1.165, 1.54) is 44.5 Å². The summed E-state index contributed by atoms with van der Waals surface area (Å²) in [7, 11) is 0. The van der Waals surface area contributed by atoms with Crippen molar-refractivity contribution in [1.29, 1.82) is 0 Å². The van der Waals surface area contributed by atoms with Crippen LogP contribution in [0.25, 0.3) is 22.8 Å². The molecule has 0 amide bonds. The Morgan fingerprint density at radius 2 is 1.50 bits per heavy atom. The Morgan fingerprint density at radius 1 is 0.769 bits per heavy atom. The number of allylic oxidation sites excluding steroid dienone is 1. The molecule has 1 aliphatic carbocycles. The predicted octanol–water partition coefficient (Wildman–Crippen LogP) is 7.06. The van der Waals surface area contributed by atoms with Gasteiger partial charge in [0.15, 0.2) is 0 Å².